The molecule has 4 heteroatoms. The van der Waals surface area contributed by atoms with E-state index < -0.39 is 0 Å². The van der Waals surface area contributed by atoms with Crippen molar-refractivity contribution in [2.24, 2.45) is 0 Å². The van der Waals surface area contributed by atoms with Gasteiger partial charge in [0, 0.05) is 32.3 Å². The van der Waals surface area contributed by atoms with Crippen molar-refractivity contribution in [1.29, 1.82) is 0 Å². The van der Waals surface area contributed by atoms with Crippen LogP contribution in [0.2, 0.25) is 0 Å². The number of nitrogens with one attached hydrogen (secondary N) is 1. The van der Waals surface area contributed by atoms with E-state index in [1.165, 1.54) is 16.8 Å². The highest BCUT2D eigenvalue weighted by Gasteiger charge is 2.06. The average Bonchev–Trinajstić information content (AvgIpc) is 2.87. The van der Waals surface area contributed by atoms with Gasteiger partial charge in [0.15, 0.2) is 0 Å². The van der Waals surface area contributed by atoms with Crippen LogP contribution in [0.15, 0.2) is 36.8 Å². The molecule has 0 fully saturated rings. The van der Waals surface area contributed by atoms with Crippen LogP contribution in [0.25, 0.3) is 11.3 Å². The van der Waals surface area contributed by atoms with Gasteiger partial charge in [-0.25, -0.2) is 4.98 Å². The number of aryl methyl sites for hydroxylation is 1. The summed E-state index contributed by atoms with van der Waals surface area (Å²) in [4.78, 5) is 4.27. The van der Waals surface area contributed by atoms with Crippen LogP contribution in [0.3, 0.4) is 0 Å². The number of methoxy groups -OCH3 is 1. The maximum atomic E-state index is 5.01. The van der Waals surface area contributed by atoms with Crippen LogP contribution < -0.4 is 5.32 Å². The van der Waals surface area contributed by atoms with Gasteiger partial charge in [-0.15, -0.1) is 0 Å². The number of benzene rings is 1. The molecule has 0 aliphatic rings. The summed E-state index contributed by atoms with van der Waals surface area (Å²) in [6.07, 6.45) is 3.82. The lowest BCUT2D eigenvalue weighted by molar-refractivity contribution is 0.199. The third kappa shape index (κ3) is 3.66. The SMILES string of the molecule is COCCNCCn1cncc1-c1ccccc1C. The second-order valence-electron chi connectivity index (χ2n) is 4.53. The molecule has 0 aliphatic carbocycles. The summed E-state index contributed by atoms with van der Waals surface area (Å²) in [7, 11) is 1.72. The van der Waals surface area contributed by atoms with E-state index in [4.69, 9.17) is 4.74 Å². The third-order valence-corrected chi connectivity index (χ3v) is 3.15. The summed E-state index contributed by atoms with van der Waals surface area (Å²) in [5.74, 6) is 0. The molecule has 1 aromatic carbocycles. The zero-order valence-corrected chi connectivity index (χ0v) is 11.6. The van der Waals surface area contributed by atoms with Gasteiger partial charge in [0.2, 0.25) is 0 Å². The first kappa shape index (κ1) is 13.8. The minimum atomic E-state index is 0.745. The molecular weight excluding hydrogens is 238 g/mol. The maximum absolute atomic E-state index is 5.01. The summed E-state index contributed by atoms with van der Waals surface area (Å²) < 4.78 is 7.19. The van der Waals surface area contributed by atoms with E-state index in [1.807, 2.05) is 12.5 Å². The Morgan fingerprint density at radius 3 is 2.89 bits per heavy atom. The standard InChI is InChI=1S/C15H21N3O/c1-13-5-3-4-6-14(13)15-11-17-12-18(15)9-7-16-8-10-19-2/h3-6,11-12,16H,7-10H2,1-2H3. The van der Waals surface area contributed by atoms with E-state index >= 15 is 0 Å². The van der Waals surface area contributed by atoms with Crippen molar-refractivity contribution in [3.05, 3.63) is 42.4 Å². The van der Waals surface area contributed by atoms with Crippen molar-refractivity contribution < 1.29 is 4.74 Å². The quantitative estimate of drug-likeness (QED) is 0.774. The molecule has 0 spiro atoms. The van der Waals surface area contributed by atoms with E-state index in [-0.39, 0.29) is 0 Å². The highest BCUT2D eigenvalue weighted by atomic mass is 16.5. The Balaban J connectivity index is 2.00. The lowest BCUT2D eigenvalue weighted by Gasteiger charge is -2.11. The molecule has 102 valence electrons. The molecule has 1 aromatic heterocycles. The molecule has 2 rings (SSSR count). The number of hydrogen-bond acceptors (Lipinski definition) is 3. The van der Waals surface area contributed by atoms with E-state index in [9.17, 15) is 0 Å². The number of nitrogens with zero attached hydrogens (tertiary/aromatic N) is 2. The van der Waals surface area contributed by atoms with E-state index in [1.54, 1.807) is 7.11 Å². The van der Waals surface area contributed by atoms with Crippen molar-refractivity contribution in [3.8, 4) is 11.3 Å². The van der Waals surface area contributed by atoms with Crippen molar-refractivity contribution in [2.75, 3.05) is 26.8 Å². The van der Waals surface area contributed by atoms with Crippen LogP contribution in [0.5, 0.6) is 0 Å². The number of rotatable bonds is 7. The van der Waals surface area contributed by atoms with Crippen LogP contribution in [0, 0.1) is 6.92 Å². The molecule has 1 N–H and O–H groups in total. The monoisotopic (exact) mass is 259 g/mol. The van der Waals surface area contributed by atoms with Crippen molar-refractivity contribution >= 4 is 0 Å². The fraction of sp³-hybridized carbons (Fsp3) is 0.400. The largest absolute Gasteiger partial charge is 0.383 e. The predicted octanol–water partition coefficient (Wildman–Crippen LogP) is 2.09. The molecule has 4 nitrogen and oxygen atoms in total. The normalized spacial score (nSPS) is 10.8. The van der Waals surface area contributed by atoms with Gasteiger partial charge in [0.1, 0.15) is 0 Å². The topological polar surface area (TPSA) is 39.1 Å². The van der Waals surface area contributed by atoms with Crippen LogP contribution in [0.1, 0.15) is 5.56 Å². The first-order valence-corrected chi connectivity index (χ1v) is 6.58. The Morgan fingerprint density at radius 1 is 1.26 bits per heavy atom. The third-order valence-electron chi connectivity index (χ3n) is 3.15. The minimum Gasteiger partial charge on any atom is -0.383 e. The number of ether oxygens (including phenoxy) is 1. The molecule has 0 amide bonds. The lowest BCUT2D eigenvalue weighted by atomic mass is 10.1. The summed E-state index contributed by atoms with van der Waals surface area (Å²) in [5.41, 5.74) is 3.69. The van der Waals surface area contributed by atoms with Crippen molar-refractivity contribution in [1.82, 2.24) is 14.9 Å². The van der Waals surface area contributed by atoms with Gasteiger partial charge in [0.25, 0.3) is 0 Å². The molecule has 0 bridgehead atoms. The van der Waals surface area contributed by atoms with E-state index in [0.29, 0.717) is 0 Å². The van der Waals surface area contributed by atoms with Gasteiger partial charge in [-0.3, -0.25) is 0 Å². The molecule has 2 aromatic rings. The first-order chi connectivity index (χ1) is 9.33. The summed E-state index contributed by atoms with van der Waals surface area (Å²) >= 11 is 0. The fourth-order valence-electron chi connectivity index (χ4n) is 2.08. The maximum Gasteiger partial charge on any atom is 0.0951 e. The Kier molecular flexibility index (Phi) is 5.12. The van der Waals surface area contributed by atoms with Crippen LogP contribution in [-0.4, -0.2) is 36.4 Å². The average molecular weight is 259 g/mol. The molecule has 0 unspecified atom stereocenters. The number of hydrogen-bond donors (Lipinski definition) is 1. The summed E-state index contributed by atoms with van der Waals surface area (Å²) in [6.45, 7) is 5.58. The molecule has 0 saturated heterocycles. The van der Waals surface area contributed by atoms with Gasteiger partial charge in [-0.2, -0.15) is 0 Å². The Morgan fingerprint density at radius 2 is 2.11 bits per heavy atom. The summed E-state index contributed by atoms with van der Waals surface area (Å²) in [6, 6.07) is 8.40. The van der Waals surface area contributed by atoms with E-state index in [0.717, 1.165) is 26.2 Å². The number of aromatic nitrogens is 2. The van der Waals surface area contributed by atoms with E-state index in [2.05, 4.69) is 46.1 Å². The first-order valence-electron chi connectivity index (χ1n) is 6.58. The number of imidazole rings is 1. The van der Waals surface area contributed by atoms with Gasteiger partial charge in [0.05, 0.1) is 24.8 Å². The summed E-state index contributed by atoms with van der Waals surface area (Å²) in [5, 5.41) is 3.34. The second-order valence-corrected chi connectivity index (χ2v) is 4.53. The Labute approximate surface area is 114 Å². The molecule has 0 radical (unpaired) electrons. The van der Waals surface area contributed by atoms with Crippen LogP contribution in [0.4, 0.5) is 0 Å². The predicted molar refractivity (Wildman–Crippen MR) is 77.1 cm³/mol. The lowest BCUT2D eigenvalue weighted by Crippen LogP contribution is -2.23. The second kappa shape index (κ2) is 7.07. The Bertz CT molecular complexity index is 508. The smallest absolute Gasteiger partial charge is 0.0951 e. The fourth-order valence-corrected chi connectivity index (χ4v) is 2.08. The highest BCUT2D eigenvalue weighted by Crippen LogP contribution is 2.22. The molecule has 19 heavy (non-hydrogen) atoms. The zero-order valence-electron chi connectivity index (χ0n) is 11.6. The highest BCUT2D eigenvalue weighted by molar-refractivity contribution is 5.63. The molecule has 0 aliphatic heterocycles. The minimum absolute atomic E-state index is 0.745. The van der Waals surface area contributed by atoms with Gasteiger partial charge in [-0.1, -0.05) is 24.3 Å². The molecular formula is C15H21N3O. The van der Waals surface area contributed by atoms with Gasteiger partial charge in [-0.05, 0) is 12.5 Å². The van der Waals surface area contributed by atoms with Crippen LogP contribution in [-0.2, 0) is 11.3 Å². The van der Waals surface area contributed by atoms with Gasteiger partial charge >= 0.3 is 0 Å². The zero-order chi connectivity index (χ0) is 13.5. The van der Waals surface area contributed by atoms with Crippen molar-refractivity contribution in [3.63, 3.8) is 0 Å². The van der Waals surface area contributed by atoms with Crippen LogP contribution >= 0.6 is 0 Å². The van der Waals surface area contributed by atoms with Crippen molar-refractivity contribution in [2.45, 2.75) is 13.5 Å². The molecule has 1 heterocycles. The molecule has 0 atom stereocenters. The van der Waals surface area contributed by atoms with Gasteiger partial charge < -0.3 is 14.6 Å². The molecule has 0 saturated carbocycles. The Hall–Kier alpha value is -1.65.